The van der Waals surface area contributed by atoms with Crippen molar-refractivity contribution in [1.82, 2.24) is 9.03 Å². The molecule has 0 saturated heterocycles. The fraction of sp³-hybridized carbons (Fsp3) is 0.625. The lowest BCUT2D eigenvalue weighted by molar-refractivity contribution is 0.374. The lowest BCUT2D eigenvalue weighted by Gasteiger charge is -2.29. The molecule has 10 heteroatoms. The Hall–Kier alpha value is -0.710. The summed E-state index contributed by atoms with van der Waals surface area (Å²) in [5.74, 6) is 0.217. The van der Waals surface area contributed by atoms with Crippen LogP contribution in [0.15, 0.2) is 34.1 Å². The van der Waals surface area contributed by atoms with Crippen LogP contribution < -0.4 is 10.5 Å². The number of nitrogens with one attached hydrogen (secondary N) is 1. The maximum Gasteiger partial charge on any atom is 0.243 e. The van der Waals surface area contributed by atoms with Crippen molar-refractivity contribution in [3.63, 3.8) is 0 Å². The third kappa shape index (κ3) is 4.76. The van der Waals surface area contributed by atoms with Crippen molar-refractivity contribution in [3.8, 4) is 0 Å². The fourth-order valence-corrected chi connectivity index (χ4v) is 5.99. The Labute approximate surface area is 162 Å². The van der Waals surface area contributed by atoms with Crippen LogP contribution in [0.4, 0.5) is 0 Å². The van der Waals surface area contributed by atoms with E-state index in [-0.39, 0.29) is 34.7 Å². The van der Waals surface area contributed by atoms with Crippen molar-refractivity contribution in [2.45, 2.75) is 48.9 Å². The van der Waals surface area contributed by atoms with Gasteiger partial charge in [0.1, 0.15) is 0 Å². The third-order valence-corrected chi connectivity index (χ3v) is 8.38. The van der Waals surface area contributed by atoms with Gasteiger partial charge in [-0.3, -0.25) is 0 Å². The number of sulfonamides is 2. The van der Waals surface area contributed by atoms with Crippen LogP contribution in [0.5, 0.6) is 0 Å². The molecular formula is C16H28ClN3O4S2. The van der Waals surface area contributed by atoms with Crippen LogP contribution in [0, 0.1) is 5.92 Å². The van der Waals surface area contributed by atoms with Crippen molar-refractivity contribution >= 4 is 32.5 Å². The standard InChI is InChI=1S/C16H27N3O4S2.ClH/c1-4-19(5-2)25(22,23)15-8-6-7-14(11-15)24(20,21)18-16(3,12-17)13-9-10-13;/h6-8,11,13,18H,4-5,9-10,12,17H2,1-3H3;1H. The zero-order valence-electron chi connectivity index (χ0n) is 15.3. The van der Waals surface area contributed by atoms with Crippen molar-refractivity contribution in [2.24, 2.45) is 11.7 Å². The molecule has 3 N–H and O–H groups in total. The Morgan fingerprint density at radius 1 is 1.15 bits per heavy atom. The molecular weight excluding hydrogens is 398 g/mol. The van der Waals surface area contributed by atoms with Crippen LogP contribution >= 0.6 is 12.4 Å². The van der Waals surface area contributed by atoms with Crippen LogP contribution in [0.2, 0.25) is 0 Å². The van der Waals surface area contributed by atoms with Crippen LogP contribution in [-0.4, -0.2) is 46.3 Å². The quantitative estimate of drug-likeness (QED) is 0.623. The number of nitrogens with two attached hydrogens (primary N) is 1. The lowest BCUT2D eigenvalue weighted by Crippen LogP contribution is -2.52. The minimum absolute atomic E-state index is 0. The number of halogens is 1. The second-order valence-electron chi connectivity index (χ2n) is 6.57. The van der Waals surface area contributed by atoms with Gasteiger partial charge < -0.3 is 5.73 Å². The van der Waals surface area contributed by atoms with Crippen LogP contribution in [-0.2, 0) is 20.0 Å². The van der Waals surface area contributed by atoms with Gasteiger partial charge in [0, 0.05) is 25.2 Å². The number of rotatable bonds is 9. The average Bonchev–Trinajstić information content (AvgIpc) is 3.41. The summed E-state index contributed by atoms with van der Waals surface area (Å²) >= 11 is 0. The summed E-state index contributed by atoms with van der Waals surface area (Å²) in [6, 6.07) is 5.46. The van der Waals surface area contributed by atoms with Gasteiger partial charge >= 0.3 is 0 Å². The highest BCUT2D eigenvalue weighted by Crippen LogP contribution is 2.39. The summed E-state index contributed by atoms with van der Waals surface area (Å²) in [5, 5.41) is 0. The maximum atomic E-state index is 12.8. The second-order valence-corrected chi connectivity index (χ2v) is 10.2. The lowest BCUT2D eigenvalue weighted by atomic mass is 9.98. The van der Waals surface area contributed by atoms with E-state index in [9.17, 15) is 16.8 Å². The van der Waals surface area contributed by atoms with Gasteiger partial charge in [0.2, 0.25) is 20.0 Å². The SMILES string of the molecule is CCN(CC)S(=O)(=O)c1cccc(S(=O)(=O)NC(C)(CN)C2CC2)c1.Cl. The Balaban J connectivity index is 0.00000338. The van der Waals surface area contributed by atoms with E-state index in [1.807, 2.05) is 0 Å². The van der Waals surface area contributed by atoms with Crippen molar-refractivity contribution < 1.29 is 16.8 Å². The van der Waals surface area contributed by atoms with Gasteiger partial charge in [-0.2, -0.15) is 4.31 Å². The summed E-state index contributed by atoms with van der Waals surface area (Å²) in [7, 11) is -7.59. The molecule has 1 atom stereocenters. The van der Waals surface area contributed by atoms with Crippen LogP contribution in [0.3, 0.4) is 0 Å². The first-order valence-electron chi connectivity index (χ1n) is 8.45. The van der Waals surface area contributed by atoms with E-state index in [0.29, 0.717) is 13.1 Å². The Kier molecular flexibility index (Phi) is 7.66. The fourth-order valence-electron chi connectivity index (χ4n) is 2.89. The Bertz CT molecular complexity index is 822. The minimum Gasteiger partial charge on any atom is -0.329 e. The molecule has 7 nitrogen and oxygen atoms in total. The molecule has 0 heterocycles. The first-order valence-corrected chi connectivity index (χ1v) is 11.4. The molecule has 1 aromatic carbocycles. The Morgan fingerprint density at radius 3 is 2.15 bits per heavy atom. The van der Waals surface area contributed by atoms with Gasteiger partial charge in [-0.05, 0) is 43.9 Å². The summed E-state index contributed by atoms with van der Waals surface area (Å²) in [4.78, 5) is -0.0963. The largest absolute Gasteiger partial charge is 0.329 e. The average molecular weight is 426 g/mol. The molecule has 1 aliphatic carbocycles. The molecule has 0 radical (unpaired) electrons. The number of nitrogens with zero attached hydrogens (tertiary/aromatic N) is 1. The molecule has 2 rings (SSSR count). The predicted octanol–water partition coefficient (Wildman–Crippen LogP) is 1.54. The molecule has 1 fully saturated rings. The van der Waals surface area contributed by atoms with Crippen LogP contribution in [0.1, 0.15) is 33.6 Å². The zero-order chi connectivity index (χ0) is 18.9. The summed E-state index contributed by atoms with van der Waals surface area (Å²) in [6.07, 6.45) is 1.87. The zero-order valence-corrected chi connectivity index (χ0v) is 17.8. The highest BCUT2D eigenvalue weighted by atomic mass is 35.5. The molecule has 1 saturated carbocycles. The van der Waals surface area contributed by atoms with Crippen molar-refractivity contribution in [2.75, 3.05) is 19.6 Å². The Morgan fingerprint density at radius 2 is 1.69 bits per heavy atom. The number of hydrogen-bond acceptors (Lipinski definition) is 5. The molecule has 0 aliphatic heterocycles. The number of hydrogen-bond donors (Lipinski definition) is 2. The van der Waals surface area contributed by atoms with E-state index in [2.05, 4.69) is 4.72 Å². The first-order chi connectivity index (χ1) is 11.6. The molecule has 0 bridgehead atoms. The molecule has 1 unspecified atom stereocenters. The summed E-state index contributed by atoms with van der Waals surface area (Å²) in [5.41, 5.74) is 5.06. The third-order valence-electron chi connectivity index (χ3n) is 4.73. The van der Waals surface area contributed by atoms with E-state index in [0.717, 1.165) is 12.8 Å². The monoisotopic (exact) mass is 425 g/mol. The smallest absolute Gasteiger partial charge is 0.243 e. The molecule has 26 heavy (non-hydrogen) atoms. The van der Waals surface area contributed by atoms with E-state index in [4.69, 9.17) is 5.73 Å². The van der Waals surface area contributed by atoms with Gasteiger partial charge in [0.25, 0.3) is 0 Å². The van der Waals surface area contributed by atoms with Gasteiger partial charge in [0.15, 0.2) is 0 Å². The van der Waals surface area contributed by atoms with Gasteiger partial charge in [-0.25, -0.2) is 21.6 Å². The van der Waals surface area contributed by atoms with Crippen LogP contribution in [0.25, 0.3) is 0 Å². The van der Waals surface area contributed by atoms with Gasteiger partial charge in [-0.1, -0.05) is 19.9 Å². The molecule has 150 valence electrons. The topological polar surface area (TPSA) is 110 Å². The van der Waals surface area contributed by atoms with Crippen molar-refractivity contribution in [1.29, 1.82) is 0 Å². The highest BCUT2D eigenvalue weighted by molar-refractivity contribution is 7.90. The van der Waals surface area contributed by atoms with E-state index in [1.165, 1.54) is 28.6 Å². The predicted molar refractivity (Wildman–Crippen MR) is 104 cm³/mol. The van der Waals surface area contributed by atoms with E-state index >= 15 is 0 Å². The van der Waals surface area contributed by atoms with E-state index < -0.39 is 25.6 Å². The first kappa shape index (κ1) is 23.3. The molecule has 0 spiro atoms. The number of benzene rings is 1. The summed E-state index contributed by atoms with van der Waals surface area (Å²) < 4.78 is 54.7. The van der Waals surface area contributed by atoms with E-state index in [1.54, 1.807) is 20.8 Å². The second kappa shape index (κ2) is 8.53. The molecule has 0 aromatic heterocycles. The van der Waals surface area contributed by atoms with Crippen molar-refractivity contribution in [3.05, 3.63) is 24.3 Å². The summed E-state index contributed by atoms with van der Waals surface area (Å²) in [6.45, 7) is 6.10. The maximum absolute atomic E-state index is 12.8. The molecule has 1 aromatic rings. The van der Waals surface area contributed by atoms with Gasteiger partial charge in [-0.15, -0.1) is 12.4 Å². The highest BCUT2D eigenvalue weighted by Gasteiger charge is 2.43. The minimum atomic E-state index is -3.87. The molecule has 1 aliphatic rings. The normalized spacial score (nSPS) is 17.6. The van der Waals surface area contributed by atoms with Gasteiger partial charge in [0.05, 0.1) is 9.79 Å². The molecule has 0 amide bonds.